The zero-order chi connectivity index (χ0) is 15.4. The van der Waals surface area contributed by atoms with Gasteiger partial charge < -0.3 is 11.1 Å². The first-order valence-corrected chi connectivity index (χ1v) is 7.33. The van der Waals surface area contributed by atoms with E-state index in [1.54, 1.807) is 12.3 Å². The van der Waals surface area contributed by atoms with Crippen molar-refractivity contribution in [3.8, 4) is 0 Å². The van der Waals surface area contributed by atoms with Crippen molar-refractivity contribution in [2.45, 2.75) is 0 Å². The van der Waals surface area contributed by atoms with Crippen molar-refractivity contribution in [1.82, 2.24) is 4.98 Å². The van der Waals surface area contributed by atoms with E-state index in [4.69, 9.17) is 18.0 Å². The molecule has 0 bridgehead atoms. The van der Waals surface area contributed by atoms with Gasteiger partial charge in [-0.1, -0.05) is 60.7 Å². The van der Waals surface area contributed by atoms with Crippen LogP contribution >= 0.6 is 12.2 Å². The highest BCUT2D eigenvalue weighted by molar-refractivity contribution is 7.81. The van der Waals surface area contributed by atoms with Gasteiger partial charge in [-0.2, -0.15) is 0 Å². The number of aromatic nitrogens is 1. The summed E-state index contributed by atoms with van der Waals surface area (Å²) in [5.41, 5.74) is 9.41. The summed E-state index contributed by atoms with van der Waals surface area (Å²) in [5, 5.41) is 3.27. The Morgan fingerprint density at radius 3 is 2.41 bits per heavy atom. The lowest BCUT2D eigenvalue weighted by Gasteiger charge is -2.13. The molecule has 3 aromatic rings. The minimum Gasteiger partial charge on any atom is -0.396 e. The Morgan fingerprint density at radius 2 is 1.64 bits per heavy atom. The van der Waals surface area contributed by atoms with Crippen LogP contribution in [0.25, 0.3) is 0 Å². The topological polar surface area (TPSA) is 50.9 Å². The van der Waals surface area contributed by atoms with E-state index in [0.29, 0.717) is 11.5 Å². The van der Waals surface area contributed by atoms with Crippen molar-refractivity contribution in [2.24, 2.45) is 0 Å². The van der Waals surface area contributed by atoms with Crippen LogP contribution in [0.3, 0.4) is 0 Å². The summed E-state index contributed by atoms with van der Waals surface area (Å²) in [6.07, 6.45) is 1.71. The number of hydrogen-bond acceptors (Lipinski definition) is 4. The number of nitrogens with two attached hydrogens (primary N) is 1. The van der Waals surface area contributed by atoms with Gasteiger partial charge in [-0.15, -0.1) is 0 Å². The number of hydrogen-bond donors (Lipinski definition) is 2. The fourth-order valence-corrected chi connectivity index (χ4v) is 2.50. The molecule has 4 heteroatoms. The number of thiocarbonyl (C=S) groups is 1. The highest BCUT2D eigenvalue weighted by Gasteiger charge is 2.10. The van der Waals surface area contributed by atoms with Gasteiger partial charge in [-0.25, -0.2) is 4.98 Å². The first kappa shape index (κ1) is 14.2. The lowest BCUT2D eigenvalue weighted by Crippen LogP contribution is -2.06. The summed E-state index contributed by atoms with van der Waals surface area (Å²) >= 11 is 5.63. The smallest absolute Gasteiger partial charge is 0.153 e. The third kappa shape index (κ3) is 2.97. The van der Waals surface area contributed by atoms with Crippen LogP contribution < -0.4 is 11.1 Å². The third-order valence-corrected chi connectivity index (χ3v) is 3.76. The molecule has 0 aliphatic carbocycles. The number of nitrogens with one attached hydrogen (secondary N) is 1. The maximum atomic E-state index is 5.95. The molecule has 108 valence electrons. The van der Waals surface area contributed by atoms with E-state index in [9.17, 15) is 0 Å². The van der Waals surface area contributed by atoms with E-state index in [0.717, 1.165) is 21.7 Å². The zero-order valence-corrected chi connectivity index (χ0v) is 12.7. The normalized spacial score (nSPS) is 10.2. The van der Waals surface area contributed by atoms with Gasteiger partial charge in [0.15, 0.2) is 5.82 Å². The Morgan fingerprint density at radius 1 is 0.909 bits per heavy atom. The standard InChI is InChI=1S/C18H15N3S/c19-15-10-6-12-20-18(15)21-16-11-5-4-9-14(16)17(22)13-7-2-1-3-8-13/h1-12H,19H2,(H,20,21). The summed E-state index contributed by atoms with van der Waals surface area (Å²) < 4.78 is 0. The van der Waals surface area contributed by atoms with E-state index < -0.39 is 0 Å². The summed E-state index contributed by atoms with van der Waals surface area (Å²) in [4.78, 5) is 5.06. The molecule has 0 unspecified atom stereocenters. The van der Waals surface area contributed by atoms with Gasteiger partial charge >= 0.3 is 0 Å². The SMILES string of the molecule is Nc1cccnc1Nc1ccccc1C(=S)c1ccccc1. The molecule has 1 heterocycles. The Balaban J connectivity index is 1.97. The average Bonchev–Trinajstić information content (AvgIpc) is 2.58. The van der Waals surface area contributed by atoms with Crippen molar-refractivity contribution in [3.05, 3.63) is 84.1 Å². The molecule has 22 heavy (non-hydrogen) atoms. The van der Waals surface area contributed by atoms with Crippen molar-refractivity contribution < 1.29 is 0 Å². The van der Waals surface area contributed by atoms with Crippen molar-refractivity contribution in [1.29, 1.82) is 0 Å². The lowest BCUT2D eigenvalue weighted by molar-refractivity contribution is 1.31. The summed E-state index contributed by atoms with van der Waals surface area (Å²) in [5.74, 6) is 0.630. The van der Waals surface area contributed by atoms with Crippen LogP contribution in [-0.4, -0.2) is 9.85 Å². The monoisotopic (exact) mass is 305 g/mol. The Kier molecular flexibility index (Phi) is 4.12. The first-order valence-electron chi connectivity index (χ1n) is 6.92. The number of para-hydroxylation sites is 1. The van der Waals surface area contributed by atoms with Gasteiger partial charge in [0.25, 0.3) is 0 Å². The molecule has 1 aromatic heterocycles. The summed E-state index contributed by atoms with van der Waals surface area (Å²) in [6, 6.07) is 21.5. The summed E-state index contributed by atoms with van der Waals surface area (Å²) in [6.45, 7) is 0. The van der Waals surface area contributed by atoms with Crippen molar-refractivity contribution in [2.75, 3.05) is 11.1 Å². The predicted molar refractivity (Wildman–Crippen MR) is 95.6 cm³/mol. The van der Waals surface area contributed by atoms with Gasteiger partial charge in [0.1, 0.15) is 0 Å². The van der Waals surface area contributed by atoms with Crippen LogP contribution in [0.4, 0.5) is 17.2 Å². The molecule has 0 saturated heterocycles. The average molecular weight is 305 g/mol. The molecule has 0 saturated carbocycles. The minimum atomic E-state index is 0.600. The van der Waals surface area contributed by atoms with Crippen LogP contribution in [0.2, 0.25) is 0 Å². The summed E-state index contributed by atoms with van der Waals surface area (Å²) in [7, 11) is 0. The molecule has 0 spiro atoms. The molecule has 3 rings (SSSR count). The molecule has 0 aliphatic heterocycles. The van der Waals surface area contributed by atoms with Crippen LogP contribution in [0.1, 0.15) is 11.1 Å². The Labute approximate surface area is 134 Å². The van der Waals surface area contributed by atoms with Crippen LogP contribution in [0, 0.1) is 0 Å². The molecule has 2 aromatic carbocycles. The number of pyridine rings is 1. The molecule has 0 radical (unpaired) electrons. The molecule has 3 nitrogen and oxygen atoms in total. The van der Waals surface area contributed by atoms with Gasteiger partial charge in [-0.05, 0) is 23.8 Å². The molecule has 0 fully saturated rings. The van der Waals surface area contributed by atoms with Gasteiger partial charge in [0.05, 0.1) is 10.6 Å². The van der Waals surface area contributed by atoms with Gasteiger partial charge in [0, 0.05) is 17.4 Å². The number of nitrogen functional groups attached to an aromatic ring is 1. The van der Waals surface area contributed by atoms with Crippen LogP contribution in [-0.2, 0) is 0 Å². The maximum absolute atomic E-state index is 5.95. The second kappa shape index (κ2) is 6.37. The molecular weight excluding hydrogens is 290 g/mol. The number of benzene rings is 2. The highest BCUT2D eigenvalue weighted by atomic mass is 32.1. The van der Waals surface area contributed by atoms with Crippen LogP contribution in [0.15, 0.2) is 72.9 Å². The van der Waals surface area contributed by atoms with E-state index in [1.807, 2.05) is 60.7 Å². The molecule has 0 aliphatic rings. The van der Waals surface area contributed by atoms with Gasteiger partial charge in [0.2, 0.25) is 0 Å². The molecule has 3 N–H and O–H groups in total. The fraction of sp³-hybridized carbons (Fsp3) is 0. The van der Waals surface area contributed by atoms with Gasteiger partial charge in [-0.3, -0.25) is 0 Å². The zero-order valence-electron chi connectivity index (χ0n) is 11.9. The molecule has 0 atom stereocenters. The van der Waals surface area contributed by atoms with Crippen molar-refractivity contribution in [3.63, 3.8) is 0 Å². The second-order valence-corrected chi connectivity index (χ2v) is 5.22. The van der Waals surface area contributed by atoms with E-state index in [2.05, 4.69) is 10.3 Å². The lowest BCUT2D eigenvalue weighted by atomic mass is 10.0. The largest absolute Gasteiger partial charge is 0.396 e. The quantitative estimate of drug-likeness (QED) is 0.561. The van der Waals surface area contributed by atoms with E-state index >= 15 is 0 Å². The first-order chi connectivity index (χ1) is 10.8. The number of nitrogens with zero attached hydrogens (tertiary/aromatic N) is 1. The van der Waals surface area contributed by atoms with Crippen molar-refractivity contribution >= 4 is 34.3 Å². The predicted octanol–water partition coefficient (Wildman–Crippen LogP) is 4.17. The third-order valence-electron chi connectivity index (χ3n) is 3.30. The van der Waals surface area contributed by atoms with E-state index in [1.165, 1.54) is 0 Å². The van der Waals surface area contributed by atoms with Crippen LogP contribution in [0.5, 0.6) is 0 Å². The highest BCUT2D eigenvalue weighted by Crippen LogP contribution is 2.25. The maximum Gasteiger partial charge on any atom is 0.153 e. The minimum absolute atomic E-state index is 0.600. The number of anilines is 3. The van der Waals surface area contributed by atoms with E-state index in [-0.39, 0.29) is 0 Å². The molecular formula is C18H15N3S. The fourth-order valence-electron chi connectivity index (χ4n) is 2.18. The number of rotatable bonds is 4. The second-order valence-electron chi connectivity index (χ2n) is 4.81. The molecule has 0 amide bonds. The Bertz CT molecular complexity index is 800. The Hall–Kier alpha value is -2.72.